The molecule has 2 rings (SSSR count). The molecule has 2 aliphatic heterocycles. The Bertz CT molecular complexity index is 220. The van der Waals surface area contributed by atoms with Crippen molar-refractivity contribution in [1.82, 2.24) is 10.2 Å². The third kappa shape index (κ3) is 2.24. The second-order valence-electron chi connectivity index (χ2n) is 3.96. The van der Waals surface area contributed by atoms with E-state index in [4.69, 9.17) is 10.00 Å². The summed E-state index contributed by atoms with van der Waals surface area (Å²) < 4.78 is 5.33. The highest BCUT2D eigenvalue weighted by atomic mass is 16.5. The van der Waals surface area contributed by atoms with Crippen LogP contribution in [-0.4, -0.2) is 49.8 Å². The minimum atomic E-state index is -0.210. The van der Waals surface area contributed by atoms with Crippen LogP contribution in [0.1, 0.15) is 12.8 Å². The van der Waals surface area contributed by atoms with Crippen molar-refractivity contribution in [3.63, 3.8) is 0 Å². The summed E-state index contributed by atoms with van der Waals surface area (Å²) in [6.07, 6.45) is 2.20. The van der Waals surface area contributed by atoms with Crippen LogP contribution in [0.3, 0.4) is 0 Å². The summed E-state index contributed by atoms with van der Waals surface area (Å²) in [6, 6.07) is 2.86. The topological polar surface area (TPSA) is 48.3 Å². The Morgan fingerprint density at radius 2 is 2.14 bits per heavy atom. The molecule has 0 aromatic heterocycles. The number of morpholine rings is 1. The lowest BCUT2D eigenvalue weighted by atomic mass is 10.0. The van der Waals surface area contributed by atoms with E-state index in [1.165, 1.54) is 12.8 Å². The standard InChI is InChI=1S/C10H17N3O/c11-7-10-8-13(5-6-14-10)9-1-3-12-4-2-9/h9-10,12H,1-6,8H2. The molecule has 0 aromatic carbocycles. The molecule has 4 nitrogen and oxygen atoms in total. The number of hydrogen-bond acceptors (Lipinski definition) is 4. The van der Waals surface area contributed by atoms with Gasteiger partial charge in [-0.1, -0.05) is 0 Å². The van der Waals surface area contributed by atoms with Crippen molar-refractivity contribution in [3.05, 3.63) is 0 Å². The van der Waals surface area contributed by atoms with Crippen LogP contribution < -0.4 is 5.32 Å². The van der Waals surface area contributed by atoms with Crippen LogP contribution >= 0.6 is 0 Å². The third-order valence-corrected chi connectivity index (χ3v) is 3.07. The molecule has 1 unspecified atom stereocenters. The lowest BCUT2D eigenvalue weighted by Crippen LogP contribution is -2.50. The minimum Gasteiger partial charge on any atom is -0.361 e. The SMILES string of the molecule is N#CC1CN(C2CCNCC2)CCO1. The number of nitrogens with zero attached hydrogens (tertiary/aromatic N) is 2. The summed E-state index contributed by atoms with van der Waals surface area (Å²) in [5.41, 5.74) is 0. The molecule has 2 saturated heterocycles. The second-order valence-corrected chi connectivity index (χ2v) is 3.96. The van der Waals surface area contributed by atoms with Gasteiger partial charge in [0, 0.05) is 19.1 Å². The number of piperidine rings is 1. The Morgan fingerprint density at radius 3 is 2.86 bits per heavy atom. The lowest BCUT2D eigenvalue weighted by Gasteiger charge is -2.38. The highest BCUT2D eigenvalue weighted by Crippen LogP contribution is 2.15. The normalized spacial score (nSPS) is 31.2. The number of rotatable bonds is 1. The molecule has 0 aliphatic carbocycles. The summed E-state index contributed by atoms with van der Waals surface area (Å²) >= 11 is 0. The third-order valence-electron chi connectivity index (χ3n) is 3.07. The van der Waals surface area contributed by atoms with Gasteiger partial charge in [0.25, 0.3) is 0 Å². The summed E-state index contributed by atoms with van der Waals surface area (Å²) in [5.74, 6) is 0. The number of nitrogens with one attached hydrogen (secondary N) is 1. The van der Waals surface area contributed by atoms with Crippen LogP contribution in [0, 0.1) is 11.3 Å². The molecule has 1 atom stereocenters. The quantitative estimate of drug-likeness (QED) is 0.638. The molecule has 0 radical (unpaired) electrons. The zero-order valence-corrected chi connectivity index (χ0v) is 8.41. The van der Waals surface area contributed by atoms with Gasteiger partial charge in [-0.3, -0.25) is 4.90 Å². The van der Waals surface area contributed by atoms with Crippen molar-refractivity contribution >= 4 is 0 Å². The van der Waals surface area contributed by atoms with Crippen LogP contribution in [0.4, 0.5) is 0 Å². The van der Waals surface area contributed by atoms with E-state index in [0.717, 1.165) is 26.2 Å². The molecule has 0 amide bonds. The first kappa shape index (κ1) is 9.91. The van der Waals surface area contributed by atoms with Gasteiger partial charge in [0.2, 0.25) is 0 Å². The van der Waals surface area contributed by atoms with Gasteiger partial charge in [-0.05, 0) is 25.9 Å². The molecule has 1 N–H and O–H groups in total. The van der Waals surface area contributed by atoms with E-state index < -0.39 is 0 Å². The molecule has 0 aromatic rings. The first-order chi connectivity index (χ1) is 6.90. The van der Waals surface area contributed by atoms with Gasteiger partial charge in [-0.15, -0.1) is 0 Å². The maximum Gasteiger partial charge on any atom is 0.156 e. The lowest BCUT2D eigenvalue weighted by molar-refractivity contribution is -0.0218. The van der Waals surface area contributed by atoms with Crippen LogP contribution in [0.25, 0.3) is 0 Å². The van der Waals surface area contributed by atoms with Gasteiger partial charge in [-0.2, -0.15) is 5.26 Å². The van der Waals surface area contributed by atoms with E-state index in [9.17, 15) is 0 Å². The first-order valence-electron chi connectivity index (χ1n) is 5.36. The van der Waals surface area contributed by atoms with Gasteiger partial charge in [0.05, 0.1) is 12.7 Å². The summed E-state index contributed by atoms with van der Waals surface area (Å²) in [5, 5.41) is 12.1. The van der Waals surface area contributed by atoms with E-state index in [1.807, 2.05) is 0 Å². The first-order valence-corrected chi connectivity index (χ1v) is 5.36. The Balaban J connectivity index is 1.87. The molecular weight excluding hydrogens is 178 g/mol. The Labute approximate surface area is 84.8 Å². The average molecular weight is 195 g/mol. The largest absolute Gasteiger partial charge is 0.361 e. The zero-order valence-electron chi connectivity index (χ0n) is 8.41. The van der Waals surface area contributed by atoms with Crippen molar-refractivity contribution in [2.45, 2.75) is 25.0 Å². The zero-order chi connectivity index (χ0) is 9.80. The van der Waals surface area contributed by atoms with Crippen LogP contribution in [0.15, 0.2) is 0 Å². The smallest absolute Gasteiger partial charge is 0.156 e. The van der Waals surface area contributed by atoms with Crippen molar-refractivity contribution < 1.29 is 4.74 Å². The molecule has 14 heavy (non-hydrogen) atoms. The molecule has 78 valence electrons. The fraction of sp³-hybridized carbons (Fsp3) is 0.900. The maximum absolute atomic E-state index is 8.79. The van der Waals surface area contributed by atoms with Gasteiger partial charge in [-0.25, -0.2) is 0 Å². The Morgan fingerprint density at radius 1 is 1.36 bits per heavy atom. The molecule has 2 fully saturated rings. The van der Waals surface area contributed by atoms with Crippen LogP contribution in [0.5, 0.6) is 0 Å². The molecule has 0 spiro atoms. The predicted molar refractivity (Wildman–Crippen MR) is 52.8 cm³/mol. The Hall–Kier alpha value is -0.630. The average Bonchev–Trinajstić information content (AvgIpc) is 2.30. The number of ether oxygens (including phenoxy) is 1. The second kappa shape index (κ2) is 4.74. The summed E-state index contributed by atoms with van der Waals surface area (Å²) in [6.45, 7) is 4.71. The molecule has 4 heteroatoms. The highest BCUT2D eigenvalue weighted by Gasteiger charge is 2.26. The van der Waals surface area contributed by atoms with E-state index in [1.54, 1.807) is 0 Å². The predicted octanol–water partition coefficient (Wildman–Crippen LogP) is -0.0372. The Kier molecular flexibility index (Phi) is 3.35. The molecule has 0 bridgehead atoms. The molecule has 2 heterocycles. The molecular formula is C10H17N3O. The van der Waals surface area contributed by atoms with E-state index in [0.29, 0.717) is 12.6 Å². The summed E-state index contributed by atoms with van der Waals surface area (Å²) in [7, 11) is 0. The van der Waals surface area contributed by atoms with Crippen molar-refractivity contribution in [3.8, 4) is 6.07 Å². The number of nitriles is 1. The fourth-order valence-corrected chi connectivity index (χ4v) is 2.25. The monoisotopic (exact) mass is 195 g/mol. The molecule has 0 saturated carbocycles. The van der Waals surface area contributed by atoms with Crippen molar-refractivity contribution in [2.24, 2.45) is 0 Å². The van der Waals surface area contributed by atoms with Gasteiger partial charge in [0.15, 0.2) is 6.10 Å². The molecule has 2 aliphatic rings. The fourth-order valence-electron chi connectivity index (χ4n) is 2.25. The van der Waals surface area contributed by atoms with Gasteiger partial charge in [0.1, 0.15) is 0 Å². The van der Waals surface area contributed by atoms with Crippen molar-refractivity contribution in [2.75, 3.05) is 32.8 Å². The number of hydrogen-bond donors (Lipinski definition) is 1. The van der Waals surface area contributed by atoms with Gasteiger partial charge < -0.3 is 10.1 Å². The van der Waals surface area contributed by atoms with Gasteiger partial charge >= 0.3 is 0 Å². The van der Waals surface area contributed by atoms with E-state index in [2.05, 4.69) is 16.3 Å². The highest BCUT2D eigenvalue weighted by molar-refractivity contribution is 4.91. The van der Waals surface area contributed by atoms with E-state index in [-0.39, 0.29) is 6.10 Å². The minimum absolute atomic E-state index is 0.210. The van der Waals surface area contributed by atoms with Crippen LogP contribution in [0.2, 0.25) is 0 Å². The maximum atomic E-state index is 8.79. The summed E-state index contributed by atoms with van der Waals surface area (Å²) in [4.78, 5) is 2.41. The van der Waals surface area contributed by atoms with Crippen molar-refractivity contribution in [1.29, 1.82) is 5.26 Å². The van der Waals surface area contributed by atoms with E-state index >= 15 is 0 Å². The van der Waals surface area contributed by atoms with Crippen LogP contribution in [-0.2, 0) is 4.74 Å².